The number of aromatic nitrogens is 2. The normalized spacial score (nSPS) is 11.7. The highest BCUT2D eigenvalue weighted by molar-refractivity contribution is 5.48. The second kappa shape index (κ2) is 5.52. The molecule has 0 aliphatic rings. The molecule has 0 unspecified atom stereocenters. The van der Waals surface area contributed by atoms with Crippen LogP contribution >= 0.6 is 0 Å². The molecule has 0 saturated heterocycles. The van der Waals surface area contributed by atoms with Gasteiger partial charge in [-0.3, -0.25) is 4.68 Å². The van der Waals surface area contributed by atoms with Crippen LogP contribution in [0.5, 0.6) is 0 Å². The molecule has 2 aromatic rings. The lowest BCUT2D eigenvalue weighted by atomic mass is 10.2. The quantitative estimate of drug-likeness (QED) is 0.875. The minimum Gasteiger partial charge on any atom is -0.382 e. The van der Waals surface area contributed by atoms with Crippen molar-refractivity contribution in [2.45, 2.75) is 12.6 Å². The largest absolute Gasteiger partial charge is 0.416 e. The van der Waals surface area contributed by atoms with Crippen LogP contribution in [0.3, 0.4) is 0 Å². The molecule has 108 valence electrons. The molecule has 2 rings (SSSR count). The van der Waals surface area contributed by atoms with Gasteiger partial charge in [0.25, 0.3) is 0 Å². The van der Waals surface area contributed by atoms with E-state index in [-0.39, 0.29) is 5.69 Å². The zero-order valence-electron chi connectivity index (χ0n) is 10.7. The highest BCUT2D eigenvalue weighted by atomic mass is 19.4. The topological polar surface area (TPSA) is 29.9 Å². The maximum Gasteiger partial charge on any atom is 0.416 e. The van der Waals surface area contributed by atoms with E-state index in [0.717, 1.165) is 23.9 Å². The lowest BCUT2D eigenvalue weighted by Gasteiger charge is -2.11. The number of hydrogen-bond acceptors (Lipinski definition) is 2. The average Bonchev–Trinajstić information content (AvgIpc) is 2.76. The molecule has 20 heavy (non-hydrogen) atoms. The molecule has 0 atom stereocenters. The molecular formula is C13H13F4N3. The van der Waals surface area contributed by atoms with Crippen LogP contribution in [-0.2, 0) is 19.6 Å². The summed E-state index contributed by atoms with van der Waals surface area (Å²) in [5.41, 5.74) is -0.117. The van der Waals surface area contributed by atoms with Gasteiger partial charge in [0.2, 0.25) is 0 Å². The molecular weight excluding hydrogens is 274 g/mol. The van der Waals surface area contributed by atoms with Crippen molar-refractivity contribution < 1.29 is 17.6 Å². The van der Waals surface area contributed by atoms with Crippen LogP contribution in [0.1, 0.15) is 11.3 Å². The fraction of sp³-hybridized carbons (Fsp3) is 0.308. The van der Waals surface area contributed by atoms with Crippen LogP contribution < -0.4 is 5.32 Å². The first-order chi connectivity index (χ1) is 9.38. The summed E-state index contributed by atoms with van der Waals surface area (Å²) in [6, 6.07) is 4.11. The number of nitrogens with one attached hydrogen (secondary N) is 1. The van der Waals surface area contributed by atoms with Crippen LogP contribution in [0.15, 0.2) is 30.5 Å². The zero-order chi connectivity index (χ0) is 14.8. The monoisotopic (exact) mass is 287 g/mol. The average molecular weight is 287 g/mol. The van der Waals surface area contributed by atoms with Gasteiger partial charge in [-0.1, -0.05) is 0 Å². The maximum atomic E-state index is 13.5. The minimum absolute atomic E-state index is 0.151. The van der Waals surface area contributed by atoms with Crippen LogP contribution in [0, 0.1) is 5.82 Å². The van der Waals surface area contributed by atoms with Gasteiger partial charge in [-0.05, 0) is 24.3 Å². The first-order valence-electron chi connectivity index (χ1n) is 5.95. The van der Waals surface area contributed by atoms with Gasteiger partial charge < -0.3 is 5.32 Å². The summed E-state index contributed by atoms with van der Waals surface area (Å²) in [6.07, 6.45) is -2.32. The second-order valence-electron chi connectivity index (χ2n) is 4.32. The van der Waals surface area contributed by atoms with Gasteiger partial charge in [-0.25, -0.2) is 4.39 Å². The molecule has 1 heterocycles. The van der Waals surface area contributed by atoms with E-state index in [1.807, 2.05) is 0 Å². The first-order valence-corrected chi connectivity index (χ1v) is 5.95. The number of rotatable bonds is 4. The van der Waals surface area contributed by atoms with Crippen molar-refractivity contribution in [3.63, 3.8) is 0 Å². The van der Waals surface area contributed by atoms with Gasteiger partial charge in [-0.15, -0.1) is 0 Å². The number of nitrogens with zero attached hydrogens (tertiary/aromatic N) is 2. The SMILES string of the molecule is Cn1nccc1CCNc1cc(C(F)(F)F)ccc1F. The Morgan fingerprint density at radius 2 is 2.00 bits per heavy atom. The van der Waals surface area contributed by atoms with Crippen molar-refractivity contribution in [2.75, 3.05) is 11.9 Å². The number of hydrogen-bond donors (Lipinski definition) is 1. The smallest absolute Gasteiger partial charge is 0.382 e. The summed E-state index contributed by atoms with van der Waals surface area (Å²) in [5.74, 6) is -0.706. The number of alkyl halides is 3. The van der Waals surface area contributed by atoms with Gasteiger partial charge in [0, 0.05) is 31.9 Å². The van der Waals surface area contributed by atoms with Crippen LogP contribution in [0.2, 0.25) is 0 Å². The highest BCUT2D eigenvalue weighted by Crippen LogP contribution is 2.31. The molecule has 0 amide bonds. The van der Waals surface area contributed by atoms with E-state index in [0.29, 0.717) is 13.0 Å². The van der Waals surface area contributed by atoms with E-state index >= 15 is 0 Å². The summed E-state index contributed by atoms with van der Waals surface area (Å²) in [6.45, 7) is 0.317. The number of anilines is 1. The lowest BCUT2D eigenvalue weighted by Crippen LogP contribution is -2.11. The summed E-state index contributed by atoms with van der Waals surface area (Å²) in [7, 11) is 1.76. The molecule has 0 saturated carbocycles. The Labute approximate surface area is 113 Å². The van der Waals surface area contributed by atoms with Crippen molar-refractivity contribution in [1.82, 2.24) is 9.78 Å². The molecule has 0 radical (unpaired) electrons. The van der Waals surface area contributed by atoms with Gasteiger partial charge in [-0.2, -0.15) is 18.3 Å². The summed E-state index contributed by atoms with van der Waals surface area (Å²) >= 11 is 0. The minimum atomic E-state index is -4.48. The number of halogens is 4. The Morgan fingerprint density at radius 1 is 1.25 bits per heavy atom. The van der Waals surface area contributed by atoms with E-state index in [4.69, 9.17) is 0 Å². The third kappa shape index (κ3) is 3.28. The summed E-state index contributed by atoms with van der Waals surface area (Å²) in [5, 5.41) is 6.65. The van der Waals surface area contributed by atoms with Crippen LogP contribution in [0.25, 0.3) is 0 Å². The predicted molar refractivity (Wildman–Crippen MR) is 66.8 cm³/mol. The zero-order valence-corrected chi connectivity index (χ0v) is 10.7. The van der Waals surface area contributed by atoms with Gasteiger partial charge >= 0.3 is 6.18 Å². The second-order valence-corrected chi connectivity index (χ2v) is 4.32. The molecule has 0 bridgehead atoms. The Bertz CT molecular complexity index is 590. The molecule has 0 aliphatic carbocycles. The molecule has 1 aromatic heterocycles. The number of aryl methyl sites for hydroxylation is 1. The maximum absolute atomic E-state index is 13.5. The summed E-state index contributed by atoms with van der Waals surface area (Å²) < 4.78 is 52.7. The molecule has 0 fully saturated rings. The molecule has 7 heteroatoms. The third-order valence-corrected chi connectivity index (χ3v) is 2.91. The first kappa shape index (κ1) is 14.4. The fourth-order valence-electron chi connectivity index (χ4n) is 1.81. The molecule has 1 aromatic carbocycles. The van der Waals surface area contributed by atoms with E-state index in [1.54, 1.807) is 24.0 Å². The van der Waals surface area contributed by atoms with Gasteiger partial charge in [0.15, 0.2) is 0 Å². The Kier molecular flexibility index (Phi) is 3.96. The van der Waals surface area contributed by atoms with Crippen LogP contribution in [0.4, 0.5) is 23.2 Å². The molecule has 0 aliphatic heterocycles. The molecule has 3 nitrogen and oxygen atoms in total. The van der Waals surface area contributed by atoms with E-state index in [1.165, 1.54) is 0 Å². The van der Waals surface area contributed by atoms with Gasteiger partial charge in [0.05, 0.1) is 11.3 Å². The molecule has 0 spiro atoms. The Balaban J connectivity index is 2.04. The van der Waals surface area contributed by atoms with Crippen molar-refractivity contribution in [3.8, 4) is 0 Å². The van der Waals surface area contributed by atoms with Crippen molar-refractivity contribution in [3.05, 3.63) is 47.5 Å². The standard InChI is InChI=1S/C13H13F4N3/c1-20-10(5-7-19-20)4-6-18-12-8-9(13(15,16)17)2-3-11(12)14/h2-3,5,7-8,18H,4,6H2,1H3. The summed E-state index contributed by atoms with van der Waals surface area (Å²) in [4.78, 5) is 0. The number of benzene rings is 1. The van der Waals surface area contributed by atoms with E-state index in [2.05, 4.69) is 10.4 Å². The van der Waals surface area contributed by atoms with Gasteiger partial charge in [0.1, 0.15) is 5.82 Å². The highest BCUT2D eigenvalue weighted by Gasteiger charge is 2.31. The Morgan fingerprint density at radius 3 is 2.60 bits per heavy atom. The van der Waals surface area contributed by atoms with E-state index < -0.39 is 17.6 Å². The van der Waals surface area contributed by atoms with E-state index in [9.17, 15) is 17.6 Å². The third-order valence-electron chi connectivity index (χ3n) is 2.91. The Hall–Kier alpha value is -2.05. The van der Waals surface area contributed by atoms with Crippen molar-refractivity contribution in [2.24, 2.45) is 7.05 Å². The fourth-order valence-corrected chi connectivity index (χ4v) is 1.81. The van der Waals surface area contributed by atoms with Crippen molar-refractivity contribution >= 4 is 5.69 Å². The lowest BCUT2D eigenvalue weighted by molar-refractivity contribution is -0.137. The van der Waals surface area contributed by atoms with Crippen LogP contribution in [-0.4, -0.2) is 16.3 Å². The predicted octanol–water partition coefficient (Wildman–Crippen LogP) is 3.23. The van der Waals surface area contributed by atoms with Crippen molar-refractivity contribution in [1.29, 1.82) is 0 Å². The molecule has 1 N–H and O–H groups in total.